The maximum absolute atomic E-state index is 12.3. The molecular weight excluding hydrogens is 432 g/mol. The van der Waals surface area contributed by atoms with Gasteiger partial charge in [0.05, 0.1) is 6.54 Å². The van der Waals surface area contributed by atoms with Gasteiger partial charge in [0.1, 0.15) is 6.04 Å². The third-order valence-corrected chi connectivity index (χ3v) is 6.52. The van der Waals surface area contributed by atoms with Crippen LogP contribution in [0.3, 0.4) is 0 Å². The zero-order valence-electron chi connectivity index (χ0n) is 18.8. The highest BCUT2D eigenvalue weighted by Crippen LogP contribution is 2.37. The Morgan fingerprint density at radius 2 is 1.58 bits per heavy atom. The van der Waals surface area contributed by atoms with Crippen molar-refractivity contribution in [1.82, 2.24) is 10.4 Å². The molecule has 1 saturated heterocycles. The van der Waals surface area contributed by atoms with Crippen LogP contribution in [-0.4, -0.2) is 48.1 Å². The fourth-order valence-electron chi connectivity index (χ4n) is 4.48. The number of likely N-dealkylation sites (tertiary alicyclic amines) is 1. The molecule has 0 radical (unpaired) electrons. The van der Waals surface area contributed by atoms with E-state index in [9.17, 15) is 9.59 Å². The summed E-state index contributed by atoms with van der Waals surface area (Å²) in [6, 6.07) is 20.8. The Bertz CT molecular complexity index is 799. The van der Waals surface area contributed by atoms with Gasteiger partial charge in [0.25, 0.3) is 0 Å². The fourth-order valence-corrected chi connectivity index (χ4v) is 4.76. The lowest BCUT2D eigenvalue weighted by atomic mass is 9.76. The molecule has 3 rings (SSSR count). The molecule has 0 aliphatic carbocycles. The van der Waals surface area contributed by atoms with Crippen LogP contribution >= 0.6 is 12.6 Å². The van der Waals surface area contributed by atoms with E-state index in [-0.39, 0.29) is 25.7 Å². The number of nitrogens with one attached hydrogen (secondary N) is 1. The predicted molar refractivity (Wildman–Crippen MR) is 137 cm³/mol. The molecule has 0 saturated carbocycles. The average molecular weight is 471 g/mol. The number of Topliss-reactive ketones (excluding diaryl/α,β-unsaturated/α-hetero) is 1. The van der Waals surface area contributed by atoms with E-state index in [4.69, 9.17) is 4.84 Å². The minimum atomic E-state index is -0.550. The number of hydroxylamine groups is 1. The molecule has 0 spiro atoms. The van der Waals surface area contributed by atoms with Crippen LogP contribution in [-0.2, 0) is 14.4 Å². The van der Waals surface area contributed by atoms with Crippen molar-refractivity contribution in [2.45, 2.75) is 52.0 Å². The van der Waals surface area contributed by atoms with E-state index in [0.717, 1.165) is 32.4 Å². The third-order valence-electron chi connectivity index (χ3n) is 6.16. The summed E-state index contributed by atoms with van der Waals surface area (Å²) in [6.45, 7) is 3.87. The highest BCUT2D eigenvalue weighted by Gasteiger charge is 2.29. The van der Waals surface area contributed by atoms with Crippen molar-refractivity contribution in [1.29, 1.82) is 0 Å². The first-order chi connectivity index (χ1) is 15.6. The minimum Gasteiger partial charge on any atom is -0.369 e. The number of rotatable bonds is 11. The van der Waals surface area contributed by atoms with Gasteiger partial charge in [0, 0.05) is 18.1 Å². The summed E-state index contributed by atoms with van der Waals surface area (Å²) >= 11 is 4.19. The van der Waals surface area contributed by atoms with Crippen molar-refractivity contribution in [3.05, 3.63) is 71.8 Å². The van der Waals surface area contributed by atoms with Crippen molar-refractivity contribution in [2.24, 2.45) is 5.92 Å². The Labute approximate surface area is 204 Å². The zero-order chi connectivity index (χ0) is 22.8. The summed E-state index contributed by atoms with van der Waals surface area (Å²) in [5, 5.41) is 0. The Morgan fingerprint density at radius 1 is 1.03 bits per heavy atom. The molecule has 33 heavy (non-hydrogen) atoms. The first-order valence-corrected chi connectivity index (χ1v) is 12.2. The van der Waals surface area contributed by atoms with Crippen LogP contribution in [0.1, 0.15) is 57.1 Å². The number of hydrogen-bond donors (Lipinski definition) is 2. The lowest BCUT2D eigenvalue weighted by molar-refractivity contribution is -0.155. The molecule has 2 aromatic carbocycles. The van der Waals surface area contributed by atoms with E-state index in [1.807, 2.05) is 6.92 Å². The third kappa shape index (κ3) is 7.98. The largest absolute Gasteiger partial charge is 0.369 e. The molecule has 1 atom stereocenters. The van der Waals surface area contributed by atoms with Gasteiger partial charge in [-0.25, -0.2) is 4.79 Å². The molecule has 0 amide bonds. The number of thiol groups is 1. The van der Waals surface area contributed by atoms with Gasteiger partial charge in [-0.15, -0.1) is 5.48 Å². The van der Waals surface area contributed by atoms with Crippen LogP contribution in [0, 0.1) is 5.92 Å². The normalized spacial score (nSPS) is 15.6. The molecule has 1 fully saturated rings. The smallest absolute Gasteiger partial charge is 0.338 e. The van der Waals surface area contributed by atoms with Gasteiger partial charge < -0.3 is 4.84 Å². The van der Waals surface area contributed by atoms with Crippen LogP contribution in [0.15, 0.2) is 60.7 Å². The molecule has 0 aromatic heterocycles. The first-order valence-electron chi connectivity index (χ1n) is 11.5. The monoisotopic (exact) mass is 470 g/mol. The van der Waals surface area contributed by atoms with E-state index < -0.39 is 6.04 Å². The second-order valence-electron chi connectivity index (χ2n) is 8.46. The summed E-state index contributed by atoms with van der Waals surface area (Å²) in [4.78, 5) is 31.6. The number of ketones is 1. The second kappa shape index (κ2) is 14.2. The molecule has 180 valence electrons. The van der Waals surface area contributed by atoms with Crippen LogP contribution in [0.25, 0.3) is 0 Å². The van der Waals surface area contributed by atoms with E-state index >= 15 is 0 Å². The number of carbonyl (C=O) groups excluding carboxylic acids is 2. The molecule has 6 heteroatoms. The van der Waals surface area contributed by atoms with E-state index in [2.05, 4.69) is 83.7 Å². The summed E-state index contributed by atoms with van der Waals surface area (Å²) in [5.41, 5.74) is 5.30. The van der Waals surface area contributed by atoms with Crippen LogP contribution in [0.4, 0.5) is 0 Å². The lowest BCUT2D eigenvalue weighted by Gasteiger charge is -2.36. The molecule has 2 aromatic rings. The predicted octanol–water partition coefficient (Wildman–Crippen LogP) is 4.88. The van der Waals surface area contributed by atoms with Gasteiger partial charge in [-0.2, -0.15) is 12.6 Å². The molecule has 1 aliphatic rings. The van der Waals surface area contributed by atoms with E-state index in [1.165, 1.54) is 11.1 Å². The summed E-state index contributed by atoms with van der Waals surface area (Å²) < 4.78 is 0. The van der Waals surface area contributed by atoms with Crippen molar-refractivity contribution < 1.29 is 14.4 Å². The lowest BCUT2D eigenvalue weighted by Crippen LogP contribution is -2.44. The topological polar surface area (TPSA) is 58.6 Å². The minimum absolute atomic E-state index is 0. The molecule has 5 nitrogen and oxygen atoms in total. The van der Waals surface area contributed by atoms with Gasteiger partial charge in [0.2, 0.25) is 0 Å². The average Bonchev–Trinajstić information content (AvgIpc) is 2.82. The Balaban J connectivity index is 0.00000385. The highest BCUT2D eigenvalue weighted by atomic mass is 32.1. The summed E-state index contributed by atoms with van der Waals surface area (Å²) in [5.74, 6) is 0.836. The molecule has 0 bridgehead atoms. The van der Waals surface area contributed by atoms with Crippen molar-refractivity contribution in [2.75, 3.05) is 25.4 Å². The van der Waals surface area contributed by atoms with Gasteiger partial charge in [-0.1, -0.05) is 75.0 Å². The molecule has 1 N–H and O–H groups in total. The number of piperidine rings is 1. The van der Waals surface area contributed by atoms with Gasteiger partial charge in [0.15, 0.2) is 5.78 Å². The quantitative estimate of drug-likeness (QED) is 0.362. The van der Waals surface area contributed by atoms with Gasteiger partial charge in [-0.05, 0) is 49.4 Å². The Morgan fingerprint density at radius 3 is 2.06 bits per heavy atom. The number of nitrogens with zero attached hydrogens (tertiary/aromatic N) is 1. The number of carbonyl (C=O) groups is 2. The molecule has 1 aliphatic heterocycles. The standard InChI is InChI=1S/C26H34N2O3S.CH4/c1-2-9-24(29)23(19-32)27-31-25(30)18-28-16-14-22(15-17-28)26(20-10-5-3-6-11-20)21-12-7-4-8-13-21;/h3-8,10-13,22-23,26-27,32H,2,9,14-19H2,1H3;1H4/t23-;/m0./s1. The molecule has 0 unspecified atom stereocenters. The van der Waals surface area contributed by atoms with Crippen molar-refractivity contribution in [3.8, 4) is 0 Å². The van der Waals surface area contributed by atoms with Crippen molar-refractivity contribution >= 4 is 24.4 Å². The Kier molecular flexibility index (Phi) is 11.6. The van der Waals surface area contributed by atoms with Crippen LogP contribution in [0.5, 0.6) is 0 Å². The van der Waals surface area contributed by atoms with Crippen LogP contribution < -0.4 is 5.48 Å². The van der Waals surface area contributed by atoms with E-state index in [1.54, 1.807) is 0 Å². The number of benzene rings is 2. The Hall–Kier alpha value is -2.15. The van der Waals surface area contributed by atoms with Gasteiger partial charge >= 0.3 is 5.97 Å². The zero-order valence-corrected chi connectivity index (χ0v) is 19.7. The summed E-state index contributed by atoms with van der Waals surface area (Å²) in [7, 11) is 0. The highest BCUT2D eigenvalue weighted by molar-refractivity contribution is 7.80. The van der Waals surface area contributed by atoms with E-state index in [0.29, 0.717) is 24.0 Å². The SMILES string of the molecule is C.CCCC(=O)[C@H](CS)NOC(=O)CN1CCC(C(c2ccccc2)c2ccccc2)CC1. The molecule has 1 heterocycles. The van der Waals surface area contributed by atoms with Crippen LogP contribution in [0.2, 0.25) is 0 Å². The maximum atomic E-state index is 12.3. The summed E-state index contributed by atoms with van der Waals surface area (Å²) in [6.07, 6.45) is 3.25. The second-order valence-corrected chi connectivity index (χ2v) is 8.82. The van der Waals surface area contributed by atoms with Crippen molar-refractivity contribution in [3.63, 3.8) is 0 Å². The fraction of sp³-hybridized carbons (Fsp3) is 0.481. The number of hydrogen-bond acceptors (Lipinski definition) is 6. The van der Waals surface area contributed by atoms with Gasteiger partial charge in [-0.3, -0.25) is 9.69 Å². The first kappa shape index (κ1) is 27.1. The maximum Gasteiger partial charge on any atom is 0.338 e. The molecular formula is C27H38N2O3S.